The summed E-state index contributed by atoms with van der Waals surface area (Å²) in [5, 5.41) is 0.762. The van der Waals surface area contributed by atoms with Crippen molar-refractivity contribution in [3.8, 4) is 0 Å². The van der Waals surface area contributed by atoms with E-state index in [4.69, 9.17) is 16.6 Å². The van der Waals surface area contributed by atoms with Crippen LogP contribution in [0.25, 0.3) is 0 Å². The molecule has 0 aromatic heterocycles. The maximum atomic E-state index is 5.89. The summed E-state index contributed by atoms with van der Waals surface area (Å²) < 4.78 is 0. The molecule has 0 radical (unpaired) electrons. The van der Waals surface area contributed by atoms with E-state index in [1.54, 1.807) is 0 Å². The SMILES string of the molecule is Br.Clc1ccc(C2=Nc3ccccc3SC2)cc1. The Morgan fingerprint density at radius 2 is 1.72 bits per heavy atom. The molecule has 1 aliphatic heterocycles. The van der Waals surface area contributed by atoms with Crippen LogP contribution >= 0.6 is 40.3 Å². The second-order valence-electron chi connectivity index (χ2n) is 3.82. The number of aliphatic imine (C=N–C) groups is 1. The number of para-hydroxylation sites is 1. The lowest BCUT2D eigenvalue weighted by Crippen LogP contribution is -2.07. The molecule has 0 fully saturated rings. The molecular formula is C14H11BrClNS. The Hall–Kier alpha value is -0.770. The second kappa shape index (κ2) is 5.91. The summed E-state index contributed by atoms with van der Waals surface area (Å²) in [4.78, 5) is 5.95. The average molecular weight is 341 g/mol. The van der Waals surface area contributed by atoms with Crippen LogP contribution in [-0.2, 0) is 0 Å². The Bertz CT molecular complexity index is 581. The predicted octanol–water partition coefficient (Wildman–Crippen LogP) is 5.14. The molecule has 0 spiro atoms. The molecule has 3 rings (SSSR count). The predicted molar refractivity (Wildman–Crippen MR) is 85.1 cm³/mol. The Morgan fingerprint density at radius 3 is 2.50 bits per heavy atom. The van der Waals surface area contributed by atoms with E-state index in [1.165, 1.54) is 4.90 Å². The first-order valence-electron chi connectivity index (χ1n) is 5.38. The molecule has 0 saturated carbocycles. The molecule has 0 N–H and O–H groups in total. The maximum absolute atomic E-state index is 5.89. The number of thioether (sulfide) groups is 1. The van der Waals surface area contributed by atoms with Gasteiger partial charge in [0.2, 0.25) is 0 Å². The summed E-state index contributed by atoms with van der Waals surface area (Å²) in [5.74, 6) is 0.915. The lowest BCUT2D eigenvalue weighted by atomic mass is 10.1. The first kappa shape index (κ1) is 13.7. The molecule has 1 aliphatic rings. The molecule has 0 aliphatic carbocycles. The molecule has 0 bridgehead atoms. The number of rotatable bonds is 1. The zero-order valence-corrected chi connectivity index (χ0v) is 12.8. The first-order valence-corrected chi connectivity index (χ1v) is 6.74. The van der Waals surface area contributed by atoms with E-state index >= 15 is 0 Å². The van der Waals surface area contributed by atoms with Crippen molar-refractivity contribution in [3.05, 3.63) is 59.1 Å². The Kier molecular flexibility index (Phi) is 4.49. The van der Waals surface area contributed by atoms with E-state index in [0.717, 1.165) is 27.7 Å². The largest absolute Gasteiger partial charge is 0.251 e. The maximum Gasteiger partial charge on any atom is 0.0769 e. The van der Waals surface area contributed by atoms with Gasteiger partial charge in [-0.25, -0.2) is 0 Å². The summed E-state index contributed by atoms with van der Waals surface area (Å²) in [6, 6.07) is 16.1. The van der Waals surface area contributed by atoms with Crippen LogP contribution in [0, 0.1) is 0 Å². The smallest absolute Gasteiger partial charge is 0.0769 e. The van der Waals surface area contributed by atoms with Gasteiger partial charge in [0.25, 0.3) is 0 Å². The average Bonchev–Trinajstić information content (AvgIpc) is 2.39. The summed E-state index contributed by atoms with van der Waals surface area (Å²) in [5.41, 5.74) is 3.33. The minimum Gasteiger partial charge on any atom is -0.251 e. The van der Waals surface area contributed by atoms with Crippen molar-refractivity contribution in [2.75, 3.05) is 5.75 Å². The Balaban J connectivity index is 0.00000120. The third kappa shape index (κ3) is 2.79. The lowest BCUT2D eigenvalue weighted by molar-refractivity contribution is 1.34. The van der Waals surface area contributed by atoms with Gasteiger partial charge in [-0.1, -0.05) is 35.9 Å². The third-order valence-corrected chi connectivity index (χ3v) is 3.99. The lowest BCUT2D eigenvalue weighted by Gasteiger charge is -2.14. The van der Waals surface area contributed by atoms with Crippen LogP contribution in [0.2, 0.25) is 5.02 Å². The first-order chi connectivity index (χ1) is 8.33. The van der Waals surface area contributed by atoms with Crippen molar-refractivity contribution in [1.29, 1.82) is 0 Å². The molecule has 0 saturated heterocycles. The normalized spacial score (nSPS) is 13.3. The molecule has 2 aromatic rings. The van der Waals surface area contributed by atoms with E-state index in [0.29, 0.717) is 0 Å². The molecule has 0 amide bonds. The fourth-order valence-electron chi connectivity index (χ4n) is 1.79. The molecule has 4 heteroatoms. The zero-order chi connectivity index (χ0) is 11.7. The van der Waals surface area contributed by atoms with Crippen LogP contribution in [0.1, 0.15) is 5.56 Å². The number of fused-ring (bicyclic) bond motifs is 1. The molecule has 1 nitrogen and oxygen atoms in total. The van der Waals surface area contributed by atoms with Gasteiger partial charge in [0.05, 0.1) is 11.4 Å². The van der Waals surface area contributed by atoms with E-state index in [-0.39, 0.29) is 17.0 Å². The van der Waals surface area contributed by atoms with Gasteiger partial charge in [0.15, 0.2) is 0 Å². The molecule has 92 valence electrons. The molecule has 18 heavy (non-hydrogen) atoms. The summed E-state index contributed by atoms with van der Waals surface area (Å²) in [6.07, 6.45) is 0. The number of nitrogens with zero attached hydrogens (tertiary/aromatic N) is 1. The van der Waals surface area contributed by atoms with Crippen LogP contribution in [-0.4, -0.2) is 11.5 Å². The molecule has 0 atom stereocenters. The van der Waals surface area contributed by atoms with Gasteiger partial charge in [-0.05, 0) is 29.8 Å². The highest BCUT2D eigenvalue weighted by Crippen LogP contribution is 2.34. The van der Waals surface area contributed by atoms with Crippen molar-refractivity contribution in [2.24, 2.45) is 4.99 Å². The van der Waals surface area contributed by atoms with E-state index in [1.807, 2.05) is 42.1 Å². The summed E-state index contributed by atoms with van der Waals surface area (Å²) in [6.45, 7) is 0. The van der Waals surface area contributed by atoms with Crippen molar-refractivity contribution < 1.29 is 0 Å². The fourth-order valence-corrected chi connectivity index (χ4v) is 2.87. The van der Waals surface area contributed by atoms with Crippen molar-refractivity contribution in [3.63, 3.8) is 0 Å². The third-order valence-electron chi connectivity index (χ3n) is 2.66. The van der Waals surface area contributed by atoms with Crippen molar-refractivity contribution in [2.45, 2.75) is 4.90 Å². The van der Waals surface area contributed by atoms with Gasteiger partial charge in [0.1, 0.15) is 0 Å². The van der Waals surface area contributed by atoms with E-state index in [2.05, 4.69) is 18.2 Å². The van der Waals surface area contributed by atoms with E-state index < -0.39 is 0 Å². The van der Waals surface area contributed by atoms with Crippen LogP contribution < -0.4 is 0 Å². The second-order valence-corrected chi connectivity index (χ2v) is 5.28. The highest BCUT2D eigenvalue weighted by Gasteiger charge is 2.13. The highest BCUT2D eigenvalue weighted by molar-refractivity contribution is 8.93. The monoisotopic (exact) mass is 339 g/mol. The van der Waals surface area contributed by atoms with Crippen LogP contribution in [0.4, 0.5) is 5.69 Å². The van der Waals surface area contributed by atoms with E-state index in [9.17, 15) is 0 Å². The van der Waals surface area contributed by atoms with Crippen LogP contribution in [0.3, 0.4) is 0 Å². The van der Waals surface area contributed by atoms with Gasteiger partial charge in [-0.2, -0.15) is 0 Å². The zero-order valence-electron chi connectivity index (χ0n) is 9.47. The Morgan fingerprint density at radius 1 is 1.00 bits per heavy atom. The quantitative estimate of drug-likeness (QED) is 0.700. The topological polar surface area (TPSA) is 12.4 Å². The molecule has 1 heterocycles. The van der Waals surface area contributed by atoms with Gasteiger partial charge in [-0.15, -0.1) is 28.7 Å². The van der Waals surface area contributed by atoms with Crippen LogP contribution in [0.5, 0.6) is 0 Å². The number of hydrogen-bond donors (Lipinski definition) is 0. The van der Waals surface area contributed by atoms with Crippen molar-refractivity contribution >= 4 is 51.7 Å². The van der Waals surface area contributed by atoms with Crippen molar-refractivity contribution in [1.82, 2.24) is 0 Å². The molecule has 0 unspecified atom stereocenters. The minimum absolute atomic E-state index is 0. The number of halogens is 2. The number of benzene rings is 2. The van der Waals surface area contributed by atoms with Crippen LogP contribution in [0.15, 0.2) is 58.4 Å². The molecule has 2 aromatic carbocycles. The minimum atomic E-state index is 0. The summed E-state index contributed by atoms with van der Waals surface area (Å²) in [7, 11) is 0. The van der Waals surface area contributed by atoms with Gasteiger partial charge in [0, 0.05) is 15.7 Å². The van der Waals surface area contributed by atoms with Gasteiger partial charge < -0.3 is 0 Å². The fraction of sp³-hybridized carbons (Fsp3) is 0.0714. The molecular weight excluding hydrogens is 330 g/mol. The number of hydrogen-bond acceptors (Lipinski definition) is 2. The van der Waals surface area contributed by atoms with Gasteiger partial charge >= 0.3 is 0 Å². The Labute approximate surface area is 126 Å². The highest BCUT2D eigenvalue weighted by atomic mass is 79.9. The standard InChI is InChI=1S/C14H10ClNS.BrH/c15-11-7-5-10(6-8-11)13-9-17-14-4-2-1-3-12(14)16-13;/h1-8H,9H2;1H. The van der Waals surface area contributed by atoms with Gasteiger partial charge in [-0.3, -0.25) is 4.99 Å². The summed E-state index contributed by atoms with van der Waals surface area (Å²) >= 11 is 7.72.